The molecule has 0 fully saturated rings. The Balaban J connectivity index is 2.03. The molecule has 0 saturated carbocycles. The summed E-state index contributed by atoms with van der Waals surface area (Å²) in [6.07, 6.45) is 7.31. The third-order valence-electron chi connectivity index (χ3n) is 3.82. The lowest BCUT2D eigenvalue weighted by atomic mass is 10.2. The second-order valence-electron chi connectivity index (χ2n) is 5.62. The molecular formula is C17H27N3O. The second kappa shape index (κ2) is 8.03. The quantitative estimate of drug-likeness (QED) is 0.700. The van der Waals surface area contributed by atoms with Crippen LogP contribution >= 0.6 is 0 Å². The summed E-state index contributed by atoms with van der Waals surface area (Å²) in [6.45, 7) is 10.5. The van der Waals surface area contributed by atoms with Gasteiger partial charge in [-0.1, -0.05) is 20.3 Å². The van der Waals surface area contributed by atoms with Gasteiger partial charge in [0.05, 0.1) is 19.0 Å². The Morgan fingerprint density at radius 3 is 2.76 bits per heavy atom. The Kier molecular flexibility index (Phi) is 6.05. The van der Waals surface area contributed by atoms with Crippen LogP contribution in [0.2, 0.25) is 0 Å². The van der Waals surface area contributed by atoms with E-state index in [4.69, 9.17) is 4.42 Å². The van der Waals surface area contributed by atoms with Crippen LogP contribution in [0.5, 0.6) is 0 Å². The van der Waals surface area contributed by atoms with Gasteiger partial charge in [-0.15, -0.1) is 0 Å². The van der Waals surface area contributed by atoms with Crippen molar-refractivity contribution >= 4 is 0 Å². The van der Waals surface area contributed by atoms with Crippen LogP contribution < -0.4 is 0 Å². The van der Waals surface area contributed by atoms with Crippen LogP contribution in [0.15, 0.2) is 29.0 Å². The number of nitrogens with zero attached hydrogens (tertiary/aromatic N) is 3. The lowest BCUT2D eigenvalue weighted by Gasteiger charge is -2.20. The minimum Gasteiger partial charge on any atom is -0.468 e. The van der Waals surface area contributed by atoms with Gasteiger partial charge in [0.1, 0.15) is 5.76 Å². The lowest BCUT2D eigenvalue weighted by Crippen LogP contribution is -2.24. The molecular weight excluding hydrogens is 262 g/mol. The first-order valence-electron chi connectivity index (χ1n) is 8.00. The molecule has 0 aromatic carbocycles. The number of rotatable bonds is 9. The highest BCUT2D eigenvalue weighted by molar-refractivity contribution is 5.16. The number of hydrogen-bond acceptors (Lipinski definition) is 3. The van der Waals surface area contributed by atoms with E-state index < -0.39 is 0 Å². The van der Waals surface area contributed by atoms with Gasteiger partial charge in [-0.3, -0.25) is 9.58 Å². The standard InChI is InChI=1S/C17H27N3O/c1-4-6-10-19(14-17-8-7-11-21-17)13-16-12-18-20(9-5-2)15(16)3/h7-8,11-12H,4-6,9-10,13-14H2,1-3H3. The maximum absolute atomic E-state index is 5.49. The molecule has 4 nitrogen and oxygen atoms in total. The van der Waals surface area contributed by atoms with Crippen molar-refractivity contribution in [3.63, 3.8) is 0 Å². The van der Waals surface area contributed by atoms with Gasteiger partial charge in [0.25, 0.3) is 0 Å². The van der Waals surface area contributed by atoms with E-state index in [9.17, 15) is 0 Å². The molecule has 0 radical (unpaired) electrons. The van der Waals surface area contributed by atoms with Crippen LogP contribution in [0, 0.1) is 6.92 Å². The number of hydrogen-bond donors (Lipinski definition) is 0. The zero-order valence-corrected chi connectivity index (χ0v) is 13.5. The normalized spacial score (nSPS) is 11.4. The monoisotopic (exact) mass is 289 g/mol. The molecule has 2 aromatic rings. The van der Waals surface area contributed by atoms with E-state index in [0.717, 1.165) is 38.4 Å². The molecule has 0 aliphatic carbocycles. The van der Waals surface area contributed by atoms with Crippen LogP contribution in [0.1, 0.15) is 50.1 Å². The zero-order chi connectivity index (χ0) is 15.1. The van der Waals surface area contributed by atoms with Gasteiger partial charge in [-0.25, -0.2) is 0 Å². The Hall–Kier alpha value is -1.55. The first kappa shape index (κ1) is 15.8. The number of aromatic nitrogens is 2. The number of aryl methyl sites for hydroxylation is 1. The van der Waals surface area contributed by atoms with Crippen molar-refractivity contribution in [1.82, 2.24) is 14.7 Å². The van der Waals surface area contributed by atoms with Crippen molar-refractivity contribution in [2.45, 2.75) is 59.7 Å². The van der Waals surface area contributed by atoms with Crippen molar-refractivity contribution in [3.05, 3.63) is 41.6 Å². The molecule has 116 valence electrons. The van der Waals surface area contributed by atoms with Gasteiger partial charge < -0.3 is 4.42 Å². The van der Waals surface area contributed by atoms with E-state index in [2.05, 4.69) is 35.5 Å². The van der Waals surface area contributed by atoms with Crippen LogP contribution in [-0.2, 0) is 19.6 Å². The maximum Gasteiger partial charge on any atom is 0.117 e. The summed E-state index contributed by atoms with van der Waals surface area (Å²) >= 11 is 0. The molecule has 2 aromatic heterocycles. The zero-order valence-electron chi connectivity index (χ0n) is 13.5. The molecule has 4 heteroatoms. The molecule has 0 spiro atoms. The fourth-order valence-corrected chi connectivity index (χ4v) is 2.54. The molecule has 0 bridgehead atoms. The van der Waals surface area contributed by atoms with Gasteiger partial charge in [0, 0.05) is 24.3 Å². The summed E-state index contributed by atoms with van der Waals surface area (Å²) in [5, 5.41) is 4.50. The van der Waals surface area contributed by atoms with Crippen LogP contribution in [0.4, 0.5) is 0 Å². The molecule has 0 atom stereocenters. The van der Waals surface area contributed by atoms with Gasteiger partial charge in [0.2, 0.25) is 0 Å². The minimum atomic E-state index is 0.866. The van der Waals surface area contributed by atoms with Gasteiger partial charge in [-0.2, -0.15) is 5.10 Å². The maximum atomic E-state index is 5.49. The average molecular weight is 289 g/mol. The summed E-state index contributed by atoms with van der Waals surface area (Å²) in [5.74, 6) is 1.03. The first-order valence-corrected chi connectivity index (χ1v) is 8.00. The van der Waals surface area contributed by atoms with Crippen molar-refractivity contribution in [1.29, 1.82) is 0 Å². The fraction of sp³-hybridized carbons (Fsp3) is 0.588. The van der Waals surface area contributed by atoms with Crippen molar-refractivity contribution in [2.24, 2.45) is 0 Å². The summed E-state index contributed by atoms with van der Waals surface area (Å²) < 4.78 is 7.60. The summed E-state index contributed by atoms with van der Waals surface area (Å²) in [5.41, 5.74) is 2.61. The lowest BCUT2D eigenvalue weighted by molar-refractivity contribution is 0.231. The van der Waals surface area contributed by atoms with E-state index in [1.165, 1.54) is 24.1 Å². The molecule has 2 rings (SSSR count). The Bertz CT molecular complexity index is 516. The summed E-state index contributed by atoms with van der Waals surface area (Å²) in [4.78, 5) is 2.45. The fourth-order valence-electron chi connectivity index (χ4n) is 2.54. The predicted molar refractivity (Wildman–Crippen MR) is 85.0 cm³/mol. The summed E-state index contributed by atoms with van der Waals surface area (Å²) in [6, 6.07) is 4.00. The van der Waals surface area contributed by atoms with E-state index in [-0.39, 0.29) is 0 Å². The molecule has 0 aliphatic rings. The molecule has 0 N–H and O–H groups in total. The Labute approximate surface area is 127 Å². The van der Waals surface area contributed by atoms with Crippen molar-refractivity contribution < 1.29 is 4.42 Å². The van der Waals surface area contributed by atoms with Gasteiger partial charge in [0.15, 0.2) is 0 Å². The largest absolute Gasteiger partial charge is 0.468 e. The number of unbranched alkanes of at least 4 members (excludes halogenated alkanes) is 1. The van der Waals surface area contributed by atoms with Gasteiger partial charge >= 0.3 is 0 Å². The Morgan fingerprint density at radius 2 is 2.10 bits per heavy atom. The highest BCUT2D eigenvalue weighted by atomic mass is 16.3. The first-order chi connectivity index (χ1) is 10.2. The van der Waals surface area contributed by atoms with Crippen LogP contribution in [-0.4, -0.2) is 21.2 Å². The number of furan rings is 1. The minimum absolute atomic E-state index is 0.866. The smallest absolute Gasteiger partial charge is 0.117 e. The molecule has 0 unspecified atom stereocenters. The third-order valence-corrected chi connectivity index (χ3v) is 3.82. The third kappa shape index (κ3) is 4.46. The molecule has 0 saturated heterocycles. The SMILES string of the molecule is CCCCN(Cc1ccco1)Cc1cnn(CCC)c1C. The average Bonchev–Trinajstić information content (AvgIpc) is 3.10. The van der Waals surface area contributed by atoms with E-state index in [1.54, 1.807) is 6.26 Å². The summed E-state index contributed by atoms with van der Waals surface area (Å²) in [7, 11) is 0. The molecule has 0 amide bonds. The molecule has 2 heterocycles. The second-order valence-corrected chi connectivity index (χ2v) is 5.62. The topological polar surface area (TPSA) is 34.2 Å². The highest BCUT2D eigenvalue weighted by Crippen LogP contribution is 2.15. The van der Waals surface area contributed by atoms with Gasteiger partial charge in [-0.05, 0) is 38.4 Å². The highest BCUT2D eigenvalue weighted by Gasteiger charge is 2.12. The van der Waals surface area contributed by atoms with Crippen molar-refractivity contribution in [2.75, 3.05) is 6.54 Å². The molecule has 0 aliphatic heterocycles. The van der Waals surface area contributed by atoms with E-state index in [1.807, 2.05) is 18.3 Å². The van der Waals surface area contributed by atoms with Crippen molar-refractivity contribution in [3.8, 4) is 0 Å². The predicted octanol–water partition coefficient (Wildman–Crippen LogP) is 4.00. The Morgan fingerprint density at radius 1 is 1.24 bits per heavy atom. The van der Waals surface area contributed by atoms with E-state index in [0.29, 0.717) is 0 Å². The van der Waals surface area contributed by atoms with Crippen LogP contribution in [0.25, 0.3) is 0 Å². The van der Waals surface area contributed by atoms with E-state index >= 15 is 0 Å². The molecule has 21 heavy (non-hydrogen) atoms. The van der Waals surface area contributed by atoms with Crippen LogP contribution in [0.3, 0.4) is 0 Å².